The maximum atomic E-state index is 4.18. The SMILES string of the molecule is [c]1csc(-c2ccc(-c3ccccc3)cc2)n1. The average Bonchev–Trinajstić information content (AvgIpc) is 2.94. The summed E-state index contributed by atoms with van der Waals surface area (Å²) in [5.41, 5.74) is 3.62. The first-order chi connectivity index (χ1) is 8.43. The van der Waals surface area contributed by atoms with E-state index in [0.717, 1.165) is 10.6 Å². The van der Waals surface area contributed by atoms with Crippen LogP contribution in [0.3, 0.4) is 0 Å². The Kier molecular flexibility index (Phi) is 2.72. The van der Waals surface area contributed by atoms with E-state index < -0.39 is 0 Å². The van der Waals surface area contributed by atoms with Crippen molar-refractivity contribution in [3.8, 4) is 21.7 Å². The van der Waals surface area contributed by atoms with Gasteiger partial charge >= 0.3 is 0 Å². The highest BCUT2D eigenvalue weighted by Gasteiger charge is 2.01. The lowest BCUT2D eigenvalue weighted by Gasteiger charge is -2.02. The maximum Gasteiger partial charge on any atom is 0.124 e. The van der Waals surface area contributed by atoms with Crippen LogP contribution in [0.2, 0.25) is 0 Å². The summed E-state index contributed by atoms with van der Waals surface area (Å²) in [7, 11) is 0. The quantitative estimate of drug-likeness (QED) is 0.647. The Morgan fingerprint density at radius 3 is 2.06 bits per heavy atom. The molecule has 0 amide bonds. The van der Waals surface area contributed by atoms with Gasteiger partial charge in [-0.25, -0.2) is 4.98 Å². The van der Waals surface area contributed by atoms with E-state index in [9.17, 15) is 0 Å². The molecule has 3 aromatic rings. The van der Waals surface area contributed by atoms with Crippen LogP contribution in [-0.4, -0.2) is 4.98 Å². The van der Waals surface area contributed by atoms with Crippen LogP contribution in [0.5, 0.6) is 0 Å². The first-order valence-electron chi connectivity index (χ1n) is 5.41. The molecule has 0 fully saturated rings. The normalized spacial score (nSPS) is 10.4. The fourth-order valence-electron chi connectivity index (χ4n) is 1.76. The Morgan fingerprint density at radius 1 is 0.765 bits per heavy atom. The number of hydrogen-bond donors (Lipinski definition) is 0. The number of aromatic nitrogens is 1. The third-order valence-electron chi connectivity index (χ3n) is 2.63. The molecule has 2 heteroatoms. The molecule has 1 aromatic heterocycles. The van der Waals surface area contributed by atoms with Gasteiger partial charge in [0.1, 0.15) is 11.2 Å². The molecule has 17 heavy (non-hydrogen) atoms. The first kappa shape index (κ1) is 10.2. The van der Waals surface area contributed by atoms with Gasteiger partial charge in [0.25, 0.3) is 0 Å². The summed E-state index contributed by atoms with van der Waals surface area (Å²) in [5.74, 6) is 0. The molecule has 0 aliphatic carbocycles. The third-order valence-corrected chi connectivity index (χ3v) is 3.40. The standard InChI is InChI=1S/C15H10NS/c1-2-4-12(5-3-1)13-6-8-14(9-7-13)15-16-10-11-17-15/h1-9,11H. The lowest BCUT2D eigenvalue weighted by Crippen LogP contribution is -1.78. The summed E-state index contributed by atoms with van der Waals surface area (Å²) in [6.45, 7) is 0. The molecule has 0 spiro atoms. The fraction of sp³-hybridized carbons (Fsp3) is 0. The van der Waals surface area contributed by atoms with E-state index in [4.69, 9.17) is 0 Å². The molecule has 0 bridgehead atoms. The zero-order chi connectivity index (χ0) is 11.5. The highest BCUT2D eigenvalue weighted by Crippen LogP contribution is 2.25. The molecule has 0 saturated carbocycles. The number of benzene rings is 2. The molecule has 0 saturated heterocycles. The number of thiazole rings is 1. The predicted octanol–water partition coefficient (Wildman–Crippen LogP) is 4.28. The third kappa shape index (κ3) is 2.12. The zero-order valence-electron chi connectivity index (χ0n) is 9.13. The van der Waals surface area contributed by atoms with Crippen LogP contribution in [0.1, 0.15) is 0 Å². The summed E-state index contributed by atoms with van der Waals surface area (Å²) < 4.78 is 0. The molecular formula is C15H10NS. The number of nitrogens with zero attached hydrogens (tertiary/aromatic N) is 1. The summed E-state index contributed by atoms with van der Waals surface area (Å²) in [6.07, 6.45) is 2.84. The van der Waals surface area contributed by atoms with Crippen LogP contribution in [-0.2, 0) is 0 Å². The monoisotopic (exact) mass is 236 g/mol. The maximum absolute atomic E-state index is 4.18. The molecule has 0 aliphatic rings. The van der Waals surface area contributed by atoms with Crippen molar-refractivity contribution in [2.75, 3.05) is 0 Å². The molecular weight excluding hydrogens is 226 g/mol. The second-order valence-corrected chi connectivity index (χ2v) is 4.58. The van der Waals surface area contributed by atoms with E-state index in [1.807, 2.05) is 11.4 Å². The van der Waals surface area contributed by atoms with Crippen LogP contribution in [0.15, 0.2) is 60.0 Å². The van der Waals surface area contributed by atoms with E-state index in [-0.39, 0.29) is 0 Å². The van der Waals surface area contributed by atoms with Gasteiger partial charge in [0.05, 0.1) is 0 Å². The molecule has 1 heterocycles. The average molecular weight is 236 g/mol. The fourth-order valence-corrected chi connectivity index (χ4v) is 2.36. The van der Waals surface area contributed by atoms with Crippen molar-refractivity contribution in [1.82, 2.24) is 4.98 Å². The van der Waals surface area contributed by atoms with Crippen LogP contribution in [0, 0.1) is 6.20 Å². The molecule has 2 aromatic carbocycles. The lowest BCUT2D eigenvalue weighted by molar-refractivity contribution is 1.40. The zero-order valence-corrected chi connectivity index (χ0v) is 9.95. The van der Waals surface area contributed by atoms with Crippen molar-refractivity contribution in [2.24, 2.45) is 0 Å². The number of rotatable bonds is 2. The van der Waals surface area contributed by atoms with Crippen LogP contribution in [0.25, 0.3) is 21.7 Å². The van der Waals surface area contributed by atoms with E-state index in [1.165, 1.54) is 11.1 Å². The van der Waals surface area contributed by atoms with Crippen LogP contribution < -0.4 is 0 Å². The molecule has 0 atom stereocenters. The van der Waals surface area contributed by atoms with Gasteiger partial charge in [-0.3, -0.25) is 0 Å². The molecule has 0 aliphatic heterocycles. The van der Waals surface area contributed by atoms with Crippen molar-refractivity contribution < 1.29 is 0 Å². The second-order valence-electron chi connectivity index (χ2n) is 3.73. The predicted molar refractivity (Wildman–Crippen MR) is 71.8 cm³/mol. The Hall–Kier alpha value is -1.93. The van der Waals surface area contributed by atoms with Crippen molar-refractivity contribution in [1.29, 1.82) is 0 Å². The second kappa shape index (κ2) is 4.52. The minimum atomic E-state index is 1.02. The van der Waals surface area contributed by atoms with Gasteiger partial charge < -0.3 is 0 Å². The van der Waals surface area contributed by atoms with Crippen molar-refractivity contribution in [3.05, 3.63) is 66.2 Å². The summed E-state index contributed by atoms with van der Waals surface area (Å²) in [4.78, 5) is 4.18. The van der Waals surface area contributed by atoms with Gasteiger partial charge in [-0.05, 0) is 11.1 Å². The van der Waals surface area contributed by atoms with Gasteiger partial charge in [-0.1, -0.05) is 54.6 Å². The van der Waals surface area contributed by atoms with Gasteiger partial charge in [-0.15, -0.1) is 11.3 Å². The summed E-state index contributed by atoms with van der Waals surface area (Å²) in [5, 5.41) is 2.89. The van der Waals surface area contributed by atoms with Crippen LogP contribution >= 0.6 is 11.3 Å². The summed E-state index contributed by atoms with van der Waals surface area (Å²) >= 11 is 1.61. The summed E-state index contributed by atoms with van der Waals surface area (Å²) in [6, 6.07) is 18.8. The van der Waals surface area contributed by atoms with E-state index in [2.05, 4.69) is 59.7 Å². The lowest BCUT2D eigenvalue weighted by atomic mass is 10.0. The van der Waals surface area contributed by atoms with E-state index in [0.29, 0.717) is 0 Å². The minimum Gasteiger partial charge on any atom is -0.234 e. The van der Waals surface area contributed by atoms with Gasteiger partial charge in [0, 0.05) is 10.9 Å². The Bertz CT molecular complexity index is 583. The van der Waals surface area contributed by atoms with Gasteiger partial charge in [0.2, 0.25) is 0 Å². The highest BCUT2D eigenvalue weighted by atomic mass is 32.1. The molecule has 0 N–H and O–H groups in total. The highest BCUT2D eigenvalue weighted by molar-refractivity contribution is 7.13. The van der Waals surface area contributed by atoms with E-state index >= 15 is 0 Å². The largest absolute Gasteiger partial charge is 0.234 e. The van der Waals surface area contributed by atoms with Crippen molar-refractivity contribution in [3.63, 3.8) is 0 Å². The smallest absolute Gasteiger partial charge is 0.124 e. The molecule has 81 valence electrons. The Labute approximate surface area is 104 Å². The molecule has 3 rings (SSSR count). The van der Waals surface area contributed by atoms with E-state index in [1.54, 1.807) is 11.3 Å². The molecule has 0 unspecified atom stereocenters. The minimum absolute atomic E-state index is 1.02. The van der Waals surface area contributed by atoms with Gasteiger partial charge in [-0.2, -0.15) is 0 Å². The first-order valence-corrected chi connectivity index (χ1v) is 6.29. The van der Waals surface area contributed by atoms with Crippen LogP contribution in [0.4, 0.5) is 0 Å². The topological polar surface area (TPSA) is 12.9 Å². The van der Waals surface area contributed by atoms with Gasteiger partial charge in [0.15, 0.2) is 0 Å². The Balaban J connectivity index is 1.96. The van der Waals surface area contributed by atoms with Crippen molar-refractivity contribution in [2.45, 2.75) is 0 Å². The number of hydrogen-bond acceptors (Lipinski definition) is 2. The Morgan fingerprint density at radius 2 is 1.41 bits per heavy atom. The molecule has 1 radical (unpaired) electrons. The van der Waals surface area contributed by atoms with Crippen molar-refractivity contribution >= 4 is 11.3 Å². The molecule has 1 nitrogen and oxygen atoms in total.